The van der Waals surface area contributed by atoms with Crippen molar-refractivity contribution in [3.8, 4) is 0 Å². The topological polar surface area (TPSA) is 77.7 Å². The van der Waals surface area contributed by atoms with Gasteiger partial charge in [-0.05, 0) is 64.8 Å². The molecule has 0 fully saturated rings. The summed E-state index contributed by atoms with van der Waals surface area (Å²) >= 11 is 3.63. The van der Waals surface area contributed by atoms with Gasteiger partial charge in [0.1, 0.15) is 5.82 Å². The van der Waals surface area contributed by atoms with E-state index in [1.807, 2.05) is 36.7 Å². The molecule has 3 aromatic heterocycles. The van der Waals surface area contributed by atoms with Crippen LogP contribution < -0.4 is 16.0 Å². The fourth-order valence-corrected chi connectivity index (χ4v) is 4.30. The third kappa shape index (κ3) is 4.69. The van der Waals surface area contributed by atoms with Gasteiger partial charge >= 0.3 is 0 Å². The first kappa shape index (κ1) is 20.7. The zero-order chi connectivity index (χ0) is 21.8. The Morgan fingerprint density at radius 1 is 1.09 bits per heavy atom. The van der Waals surface area contributed by atoms with Gasteiger partial charge in [0, 0.05) is 72.0 Å². The summed E-state index contributed by atoms with van der Waals surface area (Å²) in [5.74, 6) is 0.829. The number of benzene rings is 1. The fraction of sp³-hybridized carbons (Fsp3) is 0.200. The molecule has 7 heteroatoms. The number of aromatic amines is 1. The Balaban J connectivity index is 1.33. The highest BCUT2D eigenvalue weighted by Gasteiger charge is 2.12. The molecule has 1 aromatic carbocycles. The minimum Gasteiger partial charge on any atom is -0.370 e. The lowest BCUT2D eigenvalue weighted by Gasteiger charge is -2.14. The standard InChI is InChI=1S/C25H25BrN6/c26-22-16-31-25(29-12-8-18-3-1-2-9-28-18)14-24(22)32-19-4-5-23-20(13-19)21(15-30-23)17-6-10-27-11-7-17/h1-6,9,13-16,27,30H,7-8,10-12H2,(H2,29,31,32). The molecular formula is C25H25BrN6. The number of nitrogens with zero attached hydrogens (tertiary/aromatic N) is 2. The summed E-state index contributed by atoms with van der Waals surface area (Å²) in [5, 5.41) is 11.6. The number of H-pyrrole nitrogens is 1. The number of anilines is 3. The van der Waals surface area contributed by atoms with Gasteiger partial charge in [-0.3, -0.25) is 4.98 Å². The van der Waals surface area contributed by atoms with Crippen LogP contribution in [0.5, 0.6) is 0 Å². The molecular weight excluding hydrogens is 464 g/mol. The molecule has 0 amide bonds. The molecule has 0 radical (unpaired) electrons. The highest BCUT2D eigenvalue weighted by molar-refractivity contribution is 9.10. The molecule has 0 saturated heterocycles. The first-order valence-corrected chi connectivity index (χ1v) is 11.6. The van der Waals surface area contributed by atoms with E-state index in [1.54, 1.807) is 0 Å². The summed E-state index contributed by atoms with van der Waals surface area (Å²) in [4.78, 5) is 12.3. The number of halogens is 1. The summed E-state index contributed by atoms with van der Waals surface area (Å²) < 4.78 is 0.920. The van der Waals surface area contributed by atoms with Crippen LogP contribution in [0.4, 0.5) is 17.2 Å². The van der Waals surface area contributed by atoms with E-state index in [9.17, 15) is 0 Å². The Morgan fingerprint density at radius 3 is 2.91 bits per heavy atom. The highest BCUT2D eigenvalue weighted by atomic mass is 79.9. The van der Waals surface area contributed by atoms with Gasteiger partial charge in [0.15, 0.2) is 0 Å². The third-order valence-corrected chi connectivity index (χ3v) is 6.27. The molecule has 0 bridgehead atoms. The molecule has 6 nitrogen and oxygen atoms in total. The van der Waals surface area contributed by atoms with Crippen LogP contribution >= 0.6 is 15.9 Å². The fourth-order valence-electron chi connectivity index (χ4n) is 3.98. The minimum absolute atomic E-state index is 0.772. The summed E-state index contributed by atoms with van der Waals surface area (Å²) in [7, 11) is 0. The maximum absolute atomic E-state index is 4.49. The SMILES string of the molecule is Brc1cnc(NCCc2ccccn2)cc1Nc1ccc2[nH]cc(C3=CCNCC3)c2c1. The van der Waals surface area contributed by atoms with Crippen molar-refractivity contribution in [1.82, 2.24) is 20.3 Å². The van der Waals surface area contributed by atoms with Crippen LogP contribution in [0, 0.1) is 0 Å². The molecule has 4 heterocycles. The van der Waals surface area contributed by atoms with Crippen LogP contribution in [-0.2, 0) is 6.42 Å². The number of nitrogens with one attached hydrogen (secondary N) is 4. The Kier molecular flexibility index (Phi) is 6.18. The Hall–Kier alpha value is -3.16. The summed E-state index contributed by atoms with van der Waals surface area (Å²) in [5.41, 5.74) is 6.91. The van der Waals surface area contributed by atoms with Gasteiger partial charge in [0.05, 0.1) is 10.2 Å². The highest BCUT2D eigenvalue weighted by Crippen LogP contribution is 2.32. The average Bonchev–Trinajstić information content (AvgIpc) is 3.26. The van der Waals surface area contributed by atoms with E-state index in [0.29, 0.717) is 0 Å². The molecule has 5 rings (SSSR count). The minimum atomic E-state index is 0.772. The van der Waals surface area contributed by atoms with E-state index in [2.05, 4.69) is 77.3 Å². The number of hydrogen-bond acceptors (Lipinski definition) is 5. The van der Waals surface area contributed by atoms with E-state index in [-0.39, 0.29) is 0 Å². The van der Waals surface area contributed by atoms with Gasteiger partial charge in [-0.25, -0.2) is 4.98 Å². The van der Waals surface area contributed by atoms with E-state index < -0.39 is 0 Å². The molecule has 4 aromatic rings. The molecule has 1 aliphatic heterocycles. The lowest BCUT2D eigenvalue weighted by atomic mass is 9.99. The molecule has 4 N–H and O–H groups in total. The van der Waals surface area contributed by atoms with Crippen molar-refractivity contribution < 1.29 is 0 Å². The van der Waals surface area contributed by atoms with Crippen molar-refractivity contribution in [3.63, 3.8) is 0 Å². The number of rotatable bonds is 7. The Labute approximate surface area is 195 Å². The third-order valence-electron chi connectivity index (χ3n) is 5.64. The molecule has 1 aliphatic rings. The number of pyridine rings is 2. The quantitative estimate of drug-likeness (QED) is 0.276. The molecule has 0 spiro atoms. The van der Waals surface area contributed by atoms with Crippen molar-refractivity contribution in [3.05, 3.63) is 82.9 Å². The van der Waals surface area contributed by atoms with Gasteiger partial charge < -0.3 is 20.9 Å². The second-order valence-corrected chi connectivity index (χ2v) is 8.67. The van der Waals surface area contributed by atoms with E-state index >= 15 is 0 Å². The second-order valence-electron chi connectivity index (χ2n) is 7.82. The van der Waals surface area contributed by atoms with Crippen molar-refractivity contribution in [2.24, 2.45) is 0 Å². The average molecular weight is 489 g/mol. The molecule has 0 aliphatic carbocycles. The predicted molar refractivity (Wildman–Crippen MR) is 135 cm³/mol. The normalized spacial score (nSPS) is 13.7. The molecule has 0 unspecified atom stereocenters. The van der Waals surface area contributed by atoms with Gasteiger partial charge in [-0.15, -0.1) is 0 Å². The van der Waals surface area contributed by atoms with Gasteiger partial charge in [0.25, 0.3) is 0 Å². The van der Waals surface area contributed by atoms with E-state index in [4.69, 9.17) is 0 Å². The van der Waals surface area contributed by atoms with Crippen molar-refractivity contribution in [1.29, 1.82) is 0 Å². The number of aromatic nitrogens is 3. The Bertz CT molecular complexity index is 1250. The molecule has 162 valence electrons. The number of fused-ring (bicyclic) bond motifs is 1. The zero-order valence-corrected chi connectivity index (χ0v) is 19.2. The van der Waals surface area contributed by atoms with Crippen molar-refractivity contribution >= 4 is 49.6 Å². The Morgan fingerprint density at radius 2 is 2.06 bits per heavy atom. The lowest BCUT2D eigenvalue weighted by molar-refractivity contribution is 0.739. The smallest absolute Gasteiger partial charge is 0.128 e. The van der Waals surface area contributed by atoms with Crippen LogP contribution in [0.2, 0.25) is 0 Å². The van der Waals surface area contributed by atoms with Crippen LogP contribution in [0.25, 0.3) is 16.5 Å². The van der Waals surface area contributed by atoms with Crippen LogP contribution in [0.3, 0.4) is 0 Å². The molecule has 0 saturated carbocycles. The largest absolute Gasteiger partial charge is 0.370 e. The van der Waals surface area contributed by atoms with Crippen LogP contribution in [-0.4, -0.2) is 34.6 Å². The first-order valence-electron chi connectivity index (χ1n) is 10.8. The van der Waals surface area contributed by atoms with Crippen LogP contribution in [0.15, 0.2) is 71.6 Å². The van der Waals surface area contributed by atoms with Crippen molar-refractivity contribution in [2.75, 3.05) is 30.3 Å². The summed E-state index contributed by atoms with van der Waals surface area (Å²) in [6.45, 7) is 2.73. The maximum atomic E-state index is 4.49. The van der Waals surface area contributed by atoms with Gasteiger partial charge in [-0.2, -0.15) is 0 Å². The number of hydrogen-bond donors (Lipinski definition) is 4. The van der Waals surface area contributed by atoms with E-state index in [0.717, 1.165) is 65.4 Å². The van der Waals surface area contributed by atoms with Gasteiger partial charge in [0.2, 0.25) is 0 Å². The predicted octanol–water partition coefficient (Wildman–Crippen LogP) is 5.50. The monoisotopic (exact) mass is 488 g/mol. The lowest BCUT2D eigenvalue weighted by Crippen LogP contribution is -2.19. The summed E-state index contributed by atoms with van der Waals surface area (Å²) in [6, 6.07) is 14.4. The van der Waals surface area contributed by atoms with Crippen LogP contribution in [0.1, 0.15) is 17.7 Å². The summed E-state index contributed by atoms with van der Waals surface area (Å²) in [6.07, 6.45) is 9.95. The first-order chi connectivity index (χ1) is 15.8. The maximum Gasteiger partial charge on any atom is 0.128 e. The second kappa shape index (κ2) is 9.54. The van der Waals surface area contributed by atoms with Crippen molar-refractivity contribution in [2.45, 2.75) is 12.8 Å². The molecule has 32 heavy (non-hydrogen) atoms. The molecule has 0 atom stereocenters. The zero-order valence-electron chi connectivity index (χ0n) is 17.7. The van der Waals surface area contributed by atoms with Gasteiger partial charge in [-0.1, -0.05) is 12.1 Å². The van der Waals surface area contributed by atoms with E-state index in [1.165, 1.54) is 16.5 Å².